The molecule has 0 saturated carbocycles. The lowest BCUT2D eigenvalue weighted by Gasteiger charge is -2.03. The molecule has 0 aliphatic carbocycles. The molecule has 23 heavy (non-hydrogen) atoms. The monoisotopic (exact) mass is 320 g/mol. The minimum Gasteiger partial charge on any atom is -0.478 e. The van der Waals surface area contributed by atoms with E-state index in [1.165, 1.54) is 0 Å². The summed E-state index contributed by atoms with van der Waals surface area (Å²) in [6, 6.07) is 3.00. The number of imidazole rings is 1. The number of aromatic carboxylic acids is 4. The van der Waals surface area contributed by atoms with Gasteiger partial charge < -0.3 is 25.4 Å². The van der Waals surface area contributed by atoms with Crippen LogP contribution in [0.2, 0.25) is 0 Å². The Balaban J connectivity index is 2.68. The van der Waals surface area contributed by atoms with Crippen LogP contribution in [0, 0.1) is 0 Å². The van der Waals surface area contributed by atoms with Crippen molar-refractivity contribution in [2.24, 2.45) is 0 Å². The number of hydrogen-bond donors (Lipinski definition) is 5. The molecule has 0 amide bonds. The van der Waals surface area contributed by atoms with Crippen molar-refractivity contribution >= 4 is 23.9 Å². The summed E-state index contributed by atoms with van der Waals surface area (Å²) < 4.78 is 0. The zero-order chi connectivity index (χ0) is 17.3. The van der Waals surface area contributed by atoms with Gasteiger partial charge in [0.2, 0.25) is 0 Å². The summed E-state index contributed by atoms with van der Waals surface area (Å²) in [6.45, 7) is 0. The van der Waals surface area contributed by atoms with Crippen LogP contribution in [0.25, 0.3) is 11.4 Å². The first-order chi connectivity index (χ1) is 10.7. The maximum absolute atomic E-state index is 11.0. The first-order valence-electron chi connectivity index (χ1n) is 5.89. The van der Waals surface area contributed by atoms with E-state index in [4.69, 9.17) is 20.4 Å². The van der Waals surface area contributed by atoms with Gasteiger partial charge in [-0.1, -0.05) is 0 Å². The highest BCUT2D eigenvalue weighted by Crippen LogP contribution is 2.22. The summed E-state index contributed by atoms with van der Waals surface area (Å²) >= 11 is 0. The van der Waals surface area contributed by atoms with Crippen LogP contribution in [-0.2, 0) is 0 Å². The molecule has 118 valence electrons. The summed E-state index contributed by atoms with van der Waals surface area (Å²) in [5, 5.41) is 35.8. The van der Waals surface area contributed by atoms with Crippen molar-refractivity contribution in [3.63, 3.8) is 0 Å². The Hall–Kier alpha value is -3.69. The first-order valence-corrected chi connectivity index (χ1v) is 5.89. The van der Waals surface area contributed by atoms with E-state index >= 15 is 0 Å². The number of aromatic amines is 1. The van der Waals surface area contributed by atoms with E-state index in [2.05, 4.69) is 9.97 Å². The van der Waals surface area contributed by atoms with Gasteiger partial charge in [-0.25, -0.2) is 24.2 Å². The van der Waals surface area contributed by atoms with E-state index in [-0.39, 0.29) is 22.5 Å². The standard InChI is InChI=1S/C13H8N2O8/c16-10(17)5-1-4(2-6(3-5)11(18)19)9-14-7(12(20)21)8(15-9)13(22)23/h1-3H,(H,14,15)(H,16,17)(H,18,19)(H,20,21)(H,22,23). The Kier molecular flexibility index (Phi) is 3.82. The van der Waals surface area contributed by atoms with Gasteiger partial charge in [0.05, 0.1) is 11.1 Å². The van der Waals surface area contributed by atoms with Gasteiger partial charge in [0.15, 0.2) is 11.4 Å². The van der Waals surface area contributed by atoms with Gasteiger partial charge in [-0.2, -0.15) is 0 Å². The molecule has 2 rings (SSSR count). The normalized spacial score (nSPS) is 10.3. The van der Waals surface area contributed by atoms with Crippen LogP contribution in [0.4, 0.5) is 0 Å². The molecular weight excluding hydrogens is 312 g/mol. The Morgan fingerprint density at radius 2 is 1.30 bits per heavy atom. The zero-order valence-electron chi connectivity index (χ0n) is 11.1. The van der Waals surface area contributed by atoms with Gasteiger partial charge in [-0.15, -0.1) is 0 Å². The van der Waals surface area contributed by atoms with E-state index < -0.39 is 35.3 Å². The summed E-state index contributed by atoms with van der Waals surface area (Å²) in [4.78, 5) is 49.9. The molecule has 0 saturated heterocycles. The highest BCUT2D eigenvalue weighted by molar-refractivity contribution is 6.00. The Morgan fingerprint density at radius 1 is 0.783 bits per heavy atom. The number of carboxylic acid groups (broad SMARTS) is 4. The molecule has 0 aliphatic rings. The molecule has 0 unspecified atom stereocenters. The Bertz CT molecular complexity index is 788. The number of H-pyrrole nitrogens is 1. The van der Waals surface area contributed by atoms with Gasteiger partial charge in [0, 0.05) is 5.56 Å². The lowest BCUT2D eigenvalue weighted by molar-refractivity contribution is 0.0644. The summed E-state index contributed by atoms with van der Waals surface area (Å²) in [7, 11) is 0. The van der Waals surface area contributed by atoms with Gasteiger partial charge in [0.25, 0.3) is 0 Å². The van der Waals surface area contributed by atoms with E-state index in [9.17, 15) is 19.2 Å². The smallest absolute Gasteiger partial charge is 0.357 e. The van der Waals surface area contributed by atoms with Crippen molar-refractivity contribution in [2.75, 3.05) is 0 Å². The molecule has 0 spiro atoms. The van der Waals surface area contributed by atoms with Crippen LogP contribution in [0.1, 0.15) is 41.7 Å². The highest BCUT2D eigenvalue weighted by Gasteiger charge is 2.23. The molecule has 5 N–H and O–H groups in total. The zero-order valence-corrected chi connectivity index (χ0v) is 11.1. The molecule has 0 bridgehead atoms. The van der Waals surface area contributed by atoms with E-state index in [0.29, 0.717) is 0 Å². The minimum atomic E-state index is -1.60. The van der Waals surface area contributed by atoms with E-state index in [1.807, 2.05) is 0 Å². The van der Waals surface area contributed by atoms with Crippen LogP contribution in [0.3, 0.4) is 0 Å². The van der Waals surface area contributed by atoms with Crippen LogP contribution in [0.5, 0.6) is 0 Å². The number of carbonyl (C=O) groups is 4. The lowest BCUT2D eigenvalue weighted by Crippen LogP contribution is -2.07. The number of nitrogens with one attached hydrogen (secondary N) is 1. The fourth-order valence-electron chi connectivity index (χ4n) is 1.83. The number of benzene rings is 1. The molecule has 0 radical (unpaired) electrons. The number of hydrogen-bond acceptors (Lipinski definition) is 5. The number of nitrogens with zero attached hydrogens (tertiary/aromatic N) is 1. The number of carboxylic acids is 4. The third-order valence-electron chi connectivity index (χ3n) is 2.82. The molecule has 1 aromatic heterocycles. The van der Waals surface area contributed by atoms with Gasteiger partial charge in [-0.3, -0.25) is 0 Å². The predicted molar refractivity (Wildman–Crippen MR) is 71.9 cm³/mol. The van der Waals surface area contributed by atoms with Crippen LogP contribution < -0.4 is 0 Å². The van der Waals surface area contributed by atoms with Gasteiger partial charge in [-0.05, 0) is 18.2 Å². The summed E-state index contributed by atoms with van der Waals surface area (Å²) in [5.74, 6) is -6.26. The topological polar surface area (TPSA) is 178 Å². The fourth-order valence-corrected chi connectivity index (χ4v) is 1.83. The molecule has 2 aromatic rings. The molecule has 10 nitrogen and oxygen atoms in total. The molecule has 0 atom stereocenters. The van der Waals surface area contributed by atoms with Crippen molar-refractivity contribution in [3.8, 4) is 11.4 Å². The SMILES string of the molecule is O=C(O)c1cc(C(=O)O)cc(-c2nc(C(=O)O)c(C(=O)O)[nH]2)c1. The lowest BCUT2D eigenvalue weighted by atomic mass is 10.1. The Labute approximate surface area is 126 Å². The quantitative estimate of drug-likeness (QED) is 0.534. The third-order valence-corrected chi connectivity index (χ3v) is 2.82. The number of rotatable bonds is 5. The predicted octanol–water partition coefficient (Wildman–Crippen LogP) is 0.869. The molecule has 10 heteroatoms. The van der Waals surface area contributed by atoms with Crippen LogP contribution in [0.15, 0.2) is 18.2 Å². The maximum Gasteiger partial charge on any atom is 0.357 e. The largest absolute Gasteiger partial charge is 0.478 e. The summed E-state index contributed by atoms with van der Waals surface area (Å²) in [5.41, 5.74) is -2.29. The molecule has 1 aromatic carbocycles. The molecule has 0 aliphatic heterocycles. The van der Waals surface area contributed by atoms with Crippen molar-refractivity contribution < 1.29 is 39.6 Å². The second-order valence-corrected chi connectivity index (χ2v) is 4.33. The van der Waals surface area contributed by atoms with Crippen molar-refractivity contribution in [3.05, 3.63) is 40.7 Å². The first kappa shape index (κ1) is 15.7. The Morgan fingerprint density at radius 3 is 1.65 bits per heavy atom. The second kappa shape index (κ2) is 5.60. The van der Waals surface area contributed by atoms with Crippen molar-refractivity contribution in [2.45, 2.75) is 0 Å². The average Bonchev–Trinajstić information content (AvgIpc) is 2.92. The maximum atomic E-state index is 11.0. The van der Waals surface area contributed by atoms with Gasteiger partial charge in [0.1, 0.15) is 5.82 Å². The van der Waals surface area contributed by atoms with Crippen molar-refractivity contribution in [1.82, 2.24) is 9.97 Å². The molecular formula is C13H8N2O8. The van der Waals surface area contributed by atoms with Crippen molar-refractivity contribution in [1.29, 1.82) is 0 Å². The number of aromatic nitrogens is 2. The van der Waals surface area contributed by atoms with Crippen LogP contribution >= 0.6 is 0 Å². The average molecular weight is 320 g/mol. The molecule has 1 heterocycles. The third kappa shape index (κ3) is 3.00. The summed E-state index contributed by atoms with van der Waals surface area (Å²) in [6.07, 6.45) is 0. The fraction of sp³-hybridized carbons (Fsp3) is 0. The highest BCUT2D eigenvalue weighted by atomic mass is 16.4. The second-order valence-electron chi connectivity index (χ2n) is 4.33. The van der Waals surface area contributed by atoms with E-state index in [0.717, 1.165) is 18.2 Å². The van der Waals surface area contributed by atoms with Gasteiger partial charge >= 0.3 is 23.9 Å². The minimum absolute atomic E-state index is 0.0719. The molecule has 0 fully saturated rings. The van der Waals surface area contributed by atoms with Crippen LogP contribution in [-0.4, -0.2) is 54.3 Å². The van der Waals surface area contributed by atoms with E-state index in [1.54, 1.807) is 0 Å².